The molecule has 2 aromatic rings. The molecule has 0 radical (unpaired) electrons. The zero-order valence-corrected chi connectivity index (χ0v) is 10.7. The standard InChI is InChI=1S/C13H15N3O2/c1-4-11(17)14-13-16-15-12(18-13)10-7-8(2)5-6-9(10)3/h5-7H,4H2,1-3H3,(H,14,16,17). The Morgan fingerprint density at radius 2 is 2.11 bits per heavy atom. The maximum atomic E-state index is 11.2. The van der Waals surface area contributed by atoms with Crippen LogP contribution in [0.25, 0.3) is 11.5 Å². The number of hydrogen-bond acceptors (Lipinski definition) is 4. The number of amides is 1. The van der Waals surface area contributed by atoms with Gasteiger partial charge < -0.3 is 4.42 Å². The molecule has 0 aliphatic rings. The molecule has 0 unspecified atom stereocenters. The van der Waals surface area contributed by atoms with E-state index in [1.54, 1.807) is 6.92 Å². The predicted molar refractivity (Wildman–Crippen MR) is 68.1 cm³/mol. The number of benzene rings is 1. The van der Waals surface area contributed by atoms with Crippen LogP contribution in [0.2, 0.25) is 0 Å². The first-order valence-electron chi connectivity index (χ1n) is 5.81. The lowest BCUT2D eigenvalue weighted by Gasteiger charge is -2.01. The van der Waals surface area contributed by atoms with Gasteiger partial charge in [0.2, 0.25) is 11.8 Å². The van der Waals surface area contributed by atoms with Crippen LogP contribution in [0.5, 0.6) is 0 Å². The molecule has 0 aliphatic heterocycles. The number of carbonyl (C=O) groups excluding carboxylic acids is 1. The lowest BCUT2D eigenvalue weighted by molar-refractivity contribution is -0.116. The molecule has 1 aromatic heterocycles. The summed E-state index contributed by atoms with van der Waals surface area (Å²) in [5.41, 5.74) is 3.06. The Bertz CT molecular complexity index is 575. The topological polar surface area (TPSA) is 68.0 Å². The molecule has 0 atom stereocenters. The van der Waals surface area contributed by atoms with Crippen LogP contribution >= 0.6 is 0 Å². The molecule has 0 aliphatic carbocycles. The lowest BCUT2D eigenvalue weighted by Crippen LogP contribution is -2.09. The summed E-state index contributed by atoms with van der Waals surface area (Å²) < 4.78 is 5.42. The van der Waals surface area contributed by atoms with Gasteiger partial charge in [-0.25, -0.2) is 0 Å². The SMILES string of the molecule is CCC(=O)Nc1nnc(-c2cc(C)ccc2C)o1. The molecule has 1 heterocycles. The van der Waals surface area contributed by atoms with Gasteiger partial charge in [-0.05, 0) is 25.5 Å². The number of aryl methyl sites for hydroxylation is 2. The first-order chi connectivity index (χ1) is 8.60. The maximum Gasteiger partial charge on any atom is 0.322 e. The Hall–Kier alpha value is -2.17. The number of hydrogen-bond donors (Lipinski definition) is 1. The van der Waals surface area contributed by atoms with E-state index < -0.39 is 0 Å². The van der Waals surface area contributed by atoms with Gasteiger partial charge in [0, 0.05) is 12.0 Å². The van der Waals surface area contributed by atoms with Gasteiger partial charge in [0.15, 0.2) is 0 Å². The van der Waals surface area contributed by atoms with Crippen molar-refractivity contribution >= 4 is 11.9 Å². The van der Waals surface area contributed by atoms with Crippen molar-refractivity contribution in [3.8, 4) is 11.5 Å². The molecule has 94 valence electrons. The zero-order valence-electron chi connectivity index (χ0n) is 10.7. The minimum atomic E-state index is -0.147. The van der Waals surface area contributed by atoms with Crippen LogP contribution in [0.1, 0.15) is 24.5 Å². The fourth-order valence-corrected chi connectivity index (χ4v) is 1.56. The summed E-state index contributed by atoms with van der Waals surface area (Å²) in [6, 6.07) is 6.14. The monoisotopic (exact) mass is 245 g/mol. The van der Waals surface area contributed by atoms with E-state index in [1.807, 2.05) is 32.0 Å². The van der Waals surface area contributed by atoms with Crippen LogP contribution in [0.15, 0.2) is 22.6 Å². The van der Waals surface area contributed by atoms with Crippen molar-refractivity contribution in [2.75, 3.05) is 5.32 Å². The van der Waals surface area contributed by atoms with Crippen molar-refractivity contribution in [1.29, 1.82) is 0 Å². The largest absolute Gasteiger partial charge is 0.403 e. The van der Waals surface area contributed by atoms with Crippen LogP contribution in [-0.4, -0.2) is 16.1 Å². The van der Waals surface area contributed by atoms with E-state index in [4.69, 9.17) is 4.42 Å². The van der Waals surface area contributed by atoms with E-state index in [0.717, 1.165) is 16.7 Å². The first kappa shape index (κ1) is 12.3. The second-order valence-electron chi connectivity index (χ2n) is 4.13. The summed E-state index contributed by atoms with van der Waals surface area (Å²) in [6.07, 6.45) is 0.376. The van der Waals surface area contributed by atoms with Gasteiger partial charge in [-0.2, -0.15) is 0 Å². The van der Waals surface area contributed by atoms with Gasteiger partial charge in [-0.1, -0.05) is 29.7 Å². The van der Waals surface area contributed by atoms with E-state index in [2.05, 4.69) is 15.5 Å². The second-order valence-corrected chi connectivity index (χ2v) is 4.13. The minimum absolute atomic E-state index is 0.137. The molecule has 18 heavy (non-hydrogen) atoms. The number of nitrogens with one attached hydrogen (secondary N) is 1. The molecule has 1 aromatic carbocycles. The summed E-state index contributed by atoms with van der Waals surface area (Å²) in [5, 5.41) is 10.3. The summed E-state index contributed by atoms with van der Waals surface area (Å²) in [4.78, 5) is 11.2. The molecule has 1 amide bonds. The van der Waals surface area contributed by atoms with Gasteiger partial charge in [0.25, 0.3) is 0 Å². The molecule has 0 spiro atoms. The molecule has 1 N–H and O–H groups in total. The predicted octanol–water partition coefficient (Wildman–Crippen LogP) is 2.70. The van der Waals surface area contributed by atoms with Crippen molar-refractivity contribution in [1.82, 2.24) is 10.2 Å². The zero-order chi connectivity index (χ0) is 13.1. The second kappa shape index (κ2) is 5.00. The van der Waals surface area contributed by atoms with Crippen molar-refractivity contribution in [3.63, 3.8) is 0 Å². The summed E-state index contributed by atoms with van der Waals surface area (Å²) in [6.45, 7) is 5.74. The molecule has 0 bridgehead atoms. The van der Waals surface area contributed by atoms with Gasteiger partial charge in [-0.15, -0.1) is 5.10 Å². The van der Waals surface area contributed by atoms with Gasteiger partial charge in [0.1, 0.15) is 0 Å². The highest BCUT2D eigenvalue weighted by atomic mass is 16.4. The van der Waals surface area contributed by atoms with Crippen LogP contribution in [-0.2, 0) is 4.79 Å². The van der Waals surface area contributed by atoms with Gasteiger partial charge >= 0.3 is 6.01 Å². The highest BCUT2D eigenvalue weighted by molar-refractivity contribution is 5.88. The number of rotatable bonds is 3. The summed E-state index contributed by atoms with van der Waals surface area (Å²) in [7, 11) is 0. The molecule has 0 saturated carbocycles. The van der Waals surface area contributed by atoms with Crippen LogP contribution in [0, 0.1) is 13.8 Å². The van der Waals surface area contributed by atoms with E-state index in [9.17, 15) is 4.79 Å². The average Bonchev–Trinajstić information content (AvgIpc) is 2.80. The maximum absolute atomic E-state index is 11.2. The molecular weight excluding hydrogens is 230 g/mol. The van der Waals surface area contributed by atoms with Crippen LogP contribution in [0.3, 0.4) is 0 Å². The molecule has 5 heteroatoms. The van der Waals surface area contributed by atoms with E-state index >= 15 is 0 Å². The lowest BCUT2D eigenvalue weighted by atomic mass is 10.1. The van der Waals surface area contributed by atoms with Crippen LogP contribution in [0.4, 0.5) is 6.01 Å². The number of aromatic nitrogens is 2. The van der Waals surface area contributed by atoms with E-state index in [-0.39, 0.29) is 11.9 Å². The molecule has 2 rings (SSSR count). The fourth-order valence-electron chi connectivity index (χ4n) is 1.56. The van der Waals surface area contributed by atoms with E-state index in [1.165, 1.54) is 0 Å². The highest BCUT2D eigenvalue weighted by Crippen LogP contribution is 2.24. The Balaban J connectivity index is 2.29. The quantitative estimate of drug-likeness (QED) is 0.902. The summed E-state index contributed by atoms with van der Waals surface area (Å²) >= 11 is 0. The molecule has 0 fully saturated rings. The Morgan fingerprint density at radius 1 is 1.33 bits per heavy atom. The molecular formula is C13H15N3O2. The first-order valence-corrected chi connectivity index (χ1v) is 5.81. The minimum Gasteiger partial charge on any atom is -0.403 e. The Kier molecular flexibility index (Phi) is 3.41. The molecule has 5 nitrogen and oxygen atoms in total. The normalized spacial score (nSPS) is 10.4. The van der Waals surface area contributed by atoms with Crippen molar-refractivity contribution in [2.24, 2.45) is 0 Å². The average molecular weight is 245 g/mol. The van der Waals surface area contributed by atoms with Crippen molar-refractivity contribution in [3.05, 3.63) is 29.3 Å². The third kappa shape index (κ3) is 2.56. The Morgan fingerprint density at radius 3 is 2.83 bits per heavy atom. The van der Waals surface area contributed by atoms with Crippen molar-refractivity contribution < 1.29 is 9.21 Å². The number of carbonyl (C=O) groups is 1. The van der Waals surface area contributed by atoms with Crippen molar-refractivity contribution in [2.45, 2.75) is 27.2 Å². The number of anilines is 1. The molecule has 0 saturated heterocycles. The smallest absolute Gasteiger partial charge is 0.322 e. The third-order valence-corrected chi connectivity index (χ3v) is 2.62. The van der Waals surface area contributed by atoms with E-state index in [0.29, 0.717) is 12.3 Å². The Labute approximate surface area is 105 Å². The fraction of sp³-hybridized carbons (Fsp3) is 0.308. The van der Waals surface area contributed by atoms with Gasteiger partial charge in [-0.3, -0.25) is 10.1 Å². The van der Waals surface area contributed by atoms with Crippen LogP contribution < -0.4 is 5.32 Å². The van der Waals surface area contributed by atoms with Gasteiger partial charge in [0.05, 0.1) is 0 Å². The third-order valence-electron chi connectivity index (χ3n) is 2.62. The number of nitrogens with zero attached hydrogens (tertiary/aromatic N) is 2. The highest BCUT2D eigenvalue weighted by Gasteiger charge is 2.12. The summed E-state index contributed by atoms with van der Waals surface area (Å²) in [5.74, 6) is 0.272.